The van der Waals surface area contributed by atoms with Crippen molar-refractivity contribution in [3.63, 3.8) is 0 Å². The van der Waals surface area contributed by atoms with E-state index in [1.54, 1.807) is 17.0 Å². The maximum Gasteiger partial charge on any atom is 0.253 e. The number of amides is 2. The second-order valence-electron chi connectivity index (χ2n) is 6.72. The molecule has 0 spiro atoms. The summed E-state index contributed by atoms with van der Waals surface area (Å²) in [7, 11) is -3.36. The second kappa shape index (κ2) is 7.92. The maximum atomic E-state index is 12.7. The predicted molar refractivity (Wildman–Crippen MR) is 103 cm³/mol. The third kappa shape index (κ3) is 4.74. The average Bonchev–Trinajstić information content (AvgIpc) is 2.68. The van der Waals surface area contributed by atoms with E-state index >= 15 is 0 Å². The number of sulfone groups is 1. The van der Waals surface area contributed by atoms with Crippen molar-refractivity contribution in [2.45, 2.75) is 17.7 Å². The van der Waals surface area contributed by atoms with Crippen LogP contribution in [0.25, 0.3) is 0 Å². The average molecular weight is 386 g/mol. The smallest absolute Gasteiger partial charge is 0.253 e. The van der Waals surface area contributed by atoms with Gasteiger partial charge in [0.1, 0.15) is 0 Å². The number of rotatable bonds is 4. The molecule has 3 rings (SSSR count). The van der Waals surface area contributed by atoms with Crippen LogP contribution < -0.4 is 5.32 Å². The molecule has 1 aliphatic heterocycles. The minimum Gasteiger partial charge on any atom is -0.339 e. The van der Waals surface area contributed by atoms with Crippen molar-refractivity contribution < 1.29 is 18.0 Å². The Morgan fingerprint density at radius 1 is 1.00 bits per heavy atom. The number of hydrogen-bond acceptors (Lipinski definition) is 4. The lowest BCUT2D eigenvalue weighted by Crippen LogP contribution is -2.41. The lowest BCUT2D eigenvalue weighted by molar-refractivity contribution is -0.121. The molecule has 6 nitrogen and oxygen atoms in total. The number of piperidine rings is 1. The highest BCUT2D eigenvalue weighted by Crippen LogP contribution is 2.22. The van der Waals surface area contributed by atoms with E-state index in [-0.39, 0.29) is 22.6 Å². The quantitative estimate of drug-likeness (QED) is 0.875. The van der Waals surface area contributed by atoms with Gasteiger partial charge in [0.2, 0.25) is 5.91 Å². The van der Waals surface area contributed by atoms with E-state index in [9.17, 15) is 18.0 Å². The molecule has 0 saturated carbocycles. The Hall–Kier alpha value is -2.67. The molecule has 142 valence electrons. The molecule has 2 aromatic carbocycles. The van der Waals surface area contributed by atoms with Crippen molar-refractivity contribution in [1.82, 2.24) is 4.90 Å². The fourth-order valence-electron chi connectivity index (χ4n) is 3.15. The van der Waals surface area contributed by atoms with Crippen LogP contribution in [-0.2, 0) is 14.6 Å². The van der Waals surface area contributed by atoms with Crippen LogP contribution in [0.2, 0.25) is 0 Å². The highest BCUT2D eigenvalue weighted by molar-refractivity contribution is 7.90. The molecule has 2 amide bonds. The van der Waals surface area contributed by atoms with E-state index in [4.69, 9.17) is 0 Å². The van der Waals surface area contributed by atoms with Gasteiger partial charge in [0.25, 0.3) is 5.91 Å². The van der Waals surface area contributed by atoms with Gasteiger partial charge in [0, 0.05) is 36.5 Å². The zero-order chi connectivity index (χ0) is 19.4. The van der Waals surface area contributed by atoms with Gasteiger partial charge >= 0.3 is 0 Å². The first kappa shape index (κ1) is 19.1. The Bertz CT molecular complexity index is 933. The van der Waals surface area contributed by atoms with E-state index in [0.29, 0.717) is 31.5 Å². The molecule has 1 saturated heterocycles. The number of hydrogen-bond donors (Lipinski definition) is 1. The molecule has 7 heteroatoms. The summed E-state index contributed by atoms with van der Waals surface area (Å²) in [6.07, 6.45) is 2.28. The Morgan fingerprint density at radius 2 is 1.67 bits per heavy atom. The number of nitrogens with zero attached hydrogens (tertiary/aromatic N) is 1. The summed E-state index contributed by atoms with van der Waals surface area (Å²) >= 11 is 0. The SMILES string of the molecule is CS(=O)(=O)c1cccc(C(=O)N2CCC(C(=O)Nc3ccccc3)CC2)c1. The normalized spacial score (nSPS) is 15.4. The minimum atomic E-state index is -3.36. The first-order valence-corrected chi connectivity index (χ1v) is 10.7. The zero-order valence-corrected chi connectivity index (χ0v) is 15.9. The van der Waals surface area contributed by atoms with E-state index in [1.165, 1.54) is 12.1 Å². The summed E-state index contributed by atoms with van der Waals surface area (Å²) in [5, 5.41) is 2.90. The lowest BCUT2D eigenvalue weighted by Gasteiger charge is -2.31. The van der Waals surface area contributed by atoms with Crippen molar-refractivity contribution in [2.24, 2.45) is 5.92 Å². The van der Waals surface area contributed by atoms with Crippen molar-refractivity contribution in [2.75, 3.05) is 24.7 Å². The van der Waals surface area contributed by atoms with Gasteiger partial charge in [-0.25, -0.2) is 8.42 Å². The van der Waals surface area contributed by atoms with Gasteiger partial charge in [0.15, 0.2) is 9.84 Å². The van der Waals surface area contributed by atoms with Crippen LogP contribution >= 0.6 is 0 Å². The number of benzene rings is 2. The van der Waals surface area contributed by atoms with E-state index in [1.807, 2.05) is 30.3 Å². The zero-order valence-electron chi connectivity index (χ0n) is 15.1. The molecule has 1 fully saturated rings. The molecule has 2 aromatic rings. The van der Waals surface area contributed by atoms with Crippen LogP contribution in [0.5, 0.6) is 0 Å². The van der Waals surface area contributed by atoms with Crippen molar-refractivity contribution in [3.05, 3.63) is 60.2 Å². The fraction of sp³-hybridized carbons (Fsp3) is 0.300. The molecule has 0 unspecified atom stereocenters. The van der Waals surface area contributed by atoms with Gasteiger partial charge in [-0.3, -0.25) is 9.59 Å². The summed E-state index contributed by atoms with van der Waals surface area (Å²) < 4.78 is 23.4. The first-order chi connectivity index (χ1) is 12.8. The summed E-state index contributed by atoms with van der Waals surface area (Å²) in [5.41, 5.74) is 1.11. The van der Waals surface area contributed by atoms with Gasteiger partial charge in [-0.1, -0.05) is 24.3 Å². The fourth-order valence-corrected chi connectivity index (χ4v) is 3.82. The lowest BCUT2D eigenvalue weighted by atomic mass is 9.95. The third-order valence-corrected chi connectivity index (χ3v) is 5.81. The van der Waals surface area contributed by atoms with Gasteiger partial charge in [-0.05, 0) is 43.2 Å². The summed E-state index contributed by atoms with van der Waals surface area (Å²) in [6.45, 7) is 0.934. The van der Waals surface area contributed by atoms with Gasteiger partial charge in [-0.2, -0.15) is 0 Å². The van der Waals surface area contributed by atoms with Crippen LogP contribution in [-0.4, -0.2) is 44.5 Å². The molecule has 0 aliphatic carbocycles. The highest BCUT2D eigenvalue weighted by atomic mass is 32.2. The molecule has 27 heavy (non-hydrogen) atoms. The first-order valence-electron chi connectivity index (χ1n) is 8.80. The molecular formula is C20H22N2O4S. The number of carbonyl (C=O) groups excluding carboxylic acids is 2. The number of para-hydroxylation sites is 1. The van der Waals surface area contributed by atoms with Gasteiger partial charge in [-0.15, -0.1) is 0 Å². The summed E-state index contributed by atoms with van der Waals surface area (Å²) in [6, 6.07) is 15.4. The Labute approximate surface area is 159 Å². The van der Waals surface area contributed by atoms with Gasteiger partial charge in [0.05, 0.1) is 4.90 Å². The molecule has 0 bridgehead atoms. The summed E-state index contributed by atoms with van der Waals surface area (Å²) in [5.74, 6) is -0.383. The maximum absolute atomic E-state index is 12.7. The molecule has 1 N–H and O–H groups in total. The second-order valence-corrected chi connectivity index (χ2v) is 8.74. The molecule has 0 radical (unpaired) electrons. The monoisotopic (exact) mass is 386 g/mol. The van der Waals surface area contributed by atoms with E-state index in [2.05, 4.69) is 5.32 Å². The summed E-state index contributed by atoms with van der Waals surface area (Å²) in [4.78, 5) is 26.9. The van der Waals surface area contributed by atoms with Crippen molar-refractivity contribution in [1.29, 1.82) is 0 Å². The predicted octanol–water partition coefficient (Wildman–Crippen LogP) is 2.58. The molecule has 0 atom stereocenters. The van der Waals surface area contributed by atoms with E-state index in [0.717, 1.165) is 11.9 Å². The van der Waals surface area contributed by atoms with Gasteiger partial charge < -0.3 is 10.2 Å². The molecule has 1 aliphatic rings. The Kier molecular flexibility index (Phi) is 5.60. The van der Waals surface area contributed by atoms with Crippen LogP contribution in [0.4, 0.5) is 5.69 Å². The number of carbonyl (C=O) groups is 2. The number of nitrogens with one attached hydrogen (secondary N) is 1. The van der Waals surface area contributed by atoms with Crippen LogP contribution in [0.3, 0.4) is 0 Å². The minimum absolute atomic E-state index is 0.0348. The standard InChI is InChI=1S/C20H22N2O4S/c1-27(25,26)18-9-5-6-16(14-18)20(24)22-12-10-15(11-13-22)19(23)21-17-7-3-2-4-8-17/h2-9,14-15H,10-13H2,1H3,(H,21,23). The topological polar surface area (TPSA) is 83.6 Å². The van der Waals surface area contributed by atoms with E-state index < -0.39 is 9.84 Å². The highest BCUT2D eigenvalue weighted by Gasteiger charge is 2.28. The third-order valence-electron chi connectivity index (χ3n) is 4.70. The largest absolute Gasteiger partial charge is 0.339 e. The number of likely N-dealkylation sites (tertiary alicyclic amines) is 1. The van der Waals surface area contributed by atoms with Crippen LogP contribution in [0.1, 0.15) is 23.2 Å². The molecular weight excluding hydrogens is 364 g/mol. The molecule has 0 aromatic heterocycles. The van der Waals surface area contributed by atoms with Crippen LogP contribution in [0, 0.1) is 5.92 Å². The van der Waals surface area contributed by atoms with Crippen LogP contribution in [0.15, 0.2) is 59.5 Å². The van der Waals surface area contributed by atoms with Crippen molar-refractivity contribution in [3.8, 4) is 0 Å². The Balaban J connectivity index is 1.60. The number of anilines is 1. The Morgan fingerprint density at radius 3 is 2.30 bits per heavy atom. The van der Waals surface area contributed by atoms with Crippen molar-refractivity contribution >= 4 is 27.3 Å². The molecule has 1 heterocycles.